The molecule has 0 aromatic heterocycles. The van der Waals surface area contributed by atoms with E-state index in [1.54, 1.807) is 0 Å². The number of hydrogen-bond acceptors (Lipinski definition) is 1. The van der Waals surface area contributed by atoms with Gasteiger partial charge in [-0.2, -0.15) is 4.89 Å². The Labute approximate surface area is 85.9 Å². The van der Waals surface area contributed by atoms with Gasteiger partial charge in [0.05, 0.1) is 0 Å². The fourth-order valence-corrected chi connectivity index (χ4v) is 1.38. The van der Waals surface area contributed by atoms with Gasteiger partial charge in [-0.25, -0.2) is 0 Å². The van der Waals surface area contributed by atoms with Gasteiger partial charge in [0, 0.05) is 16.5 Å². The molecule has 0 aliphatic rings. The van der Waals surface area contributed by atoms with E-state index in [1.807, 2.05) is 6.92 Å². The third-order valence-corrected chi connectivity index (χ3v) is 2.86. The quantitative estimate of drug-likeness (QED) is 0.437. The second-order valence-electron chi connectivity index (χ2n) is 3.00. The topological polar surface area (TPSA) is 37.3 Å². The van der Waals surface area contributed by atoms with E-state index < -0.39 is 8.03 Å². The molecule has 76 valence electrons. The van der Waals surface area contributed by atoms with Gasteiger partial charge in [0.1, 0.15) is 0 Å². The Hall–Kier alpha value is 0.554. The summed E-state index contributed by atoms with van der Waals surface area (Å²) in [6.45, 7) is 4.00. The second-order valence-corrected chi connectivity index (χ2v) is 4.49. The summed E-state index contributed by atoms with van der Waals surface area (Å²) in [6.07, 6.45) is 5.65. The Bertz CT molecular complexity index is 120. The molecule has 1 N–H and O–H groups in total. The van der Waals surface area contributed by atoms with Crippen molar-refractivity contribution in [3.63, 3.8) is 0 Å². The molecule has 2 atom stereocenters. The van der Waals surface area contributed by atoms with Crippen molar-refractivity contribution < 1.29 is 25.9 Å². The first-order chi connectivity index (χ1) is 5.18. The van der Waals surface area contributed by atoms with Gasteiger partial charge in [0.15, 0.2) is 5.66 Å². The van der Waals surface area contributed by atoms with Crippen LogP contribution < -0.4 is 0 Å². The predicted molar refractivity (Wildman–Crippen MR) is 48.0 cm³/mol. The van der Waals surface area contributed by atoms with Crippen molar-refractivity contribution in [1.82, 2.24) is 0 Å². The SMILES string of the molecule is CCCCCCC(C)[P+](=O)O.[Ni]. The molecule has 0 aromatic rings. The van der Waals surface area contributed by atoms with E-state index in [9.17, 15) is 4.57 Å². The van der Waals surface area contributed by atoms with Crippen molar-refractivity contribution in [2.24, 2.45) is 0 Å². The molecule has 2 nitrogen and oxygen atoms in total. The summed E-state index contributed by atoms with van der Waals surface area (Å²) in [5, 5.41) is 0. The van der Waals surface area contributed by atoms with Gasteiger partial charge in [0.25, 0.3) is 0 Å². The van der Waals surface area contributed by atoms with E-state index in [1.165, 1.54) is 19.3 Å². The fourth-order valence-electron chi connectivity index (χ4n) is 0.977. The molecule has 0 saturated heterocycles. The minimum Gasteiger partial charge on any atom is -0.161 e. The molecule has 0 aromatic carbocycles. The molecule has 0 heterocycles. The summed E-state index contributed by atoms with van der Waals surface area (Å²) in [4.78, 5) is 8.69. The Morgan fingerprint density at radius 1 is 1.33 bits per heavy atom. The fraction of sp³-hybridized carbons (Fsp3) is 1.00. The first kappa shape index (κ1) is 15.0. The smallest absolute Gasteiger partial charge is 0.161 e. The van der Waals surface area contributed by atoms with Crippen LogP contribution in [0.25, 0.3) is 0 Å². The van der Waals surface area contributed by atoms with Gasteiger partial charge in [-0.3, -0.25) is 0 Å². The van der Waals surface area contributed by atoms with Crippen LogP contribution in [0.3, 0.4) is 0 Å². The van der Waals surface area contributed by atoms with Gasteiger partial charge < -0.3 is 0 Å². The van der Waals surface area contributed by atoms with Gasteiger partial charge >= 0.3 is 8.03 Å². The number of rotatable bonds is 6. The van der Waals surface area contributed by atoms with E-state index in [4.69, 9.17) is 4.89 Å². The molecule has 0 aliphatic heterocycles. The van der Waals surface area contributed by atoms with Crippen molar-refractivity contribution >= 4 is 8.03 Å². The van der Waals surface area contributed by atoms with Crippen molar-refractivity contribution in [2.45, 2.75) is 51.6 Å². The minimum atomic E-state index is -1.93. The standard InChI is InChI=1S/C8H17O2P.Ni/c1-3-4-5-6-7-8(2)11(9)10;/h8H,3-7H2,1-2H3;/p+1. The maximum Gasteiger partial charge on any atom is 0.508 e. The molecule has 0 radical (unpaired) electrons. The Balaban J connectivity index is 0. The zero-order valence-corrected chi connectivity index (χ0v) is 9.61. The summed E-state index contributed by atoms with van der Waals surface area (Å²) < 4.78 is 10.5. The van der Waals surface area contributed by atoms with Crippen LogP contribution in [-0.2, 0) is 21.1 Å². The molecule has 4 heteroatoms. The average molecular weight is 236 g/mol. The van der Waals surface area contributed by atoms with Crippen LogP contribution in [0.15, 0.2) is 0 Å². The summed E-state index contributed by atoms with van der Waals surface area (Å²) in [6, 6.07) is 0. The Morgan fingerprint density at radius 2 is 1.92 bits per heavy atom. The molecule has 0 spiro atoms. The molecule has 12 heavy (non-hydrogen) atoms. The van der Waals surface area contributed by atoms with Crippen LogP contribution in [0.1, 0.15) is 46.0 Å². The maximum atomic E-state index is 10.5. The van der Waals surface area contributed by atoms with Crippen molar-refractivity contribution in [2.75, 3.05) is 0 Å². The predicted octanol–water partition coefficient (Wildman–Crippen LogP) is 3.08. The summed E-state index contributed by atoms with van der Waals surface area (Å²) in [5.74, 6) is 0. The molecule has 0 saturated carbocycles. The zero-order valence-electron chi connectivity index (χ0n) is 7.73. The van der Waals surface area contributed by atoms with Gasteiger partial charge in [-0.1, -0.05) is 26.2 Å². The molecule has 0 bridgehead atoms. The number of hydrogen-bond donors (Lipinski definition) is 1. The number of unbranched alkanes of at least 4 members (excludes halogenated alkanes) is 3. The van der Waals surface area contributed by atoms with Crippen LogP contribution in [0.5, 0.6) is 0 Å². The van der Waals surface area contributed by atoms with Crippen LogP contribution in [0.2, 0.25) is 0 Å². The van der Waals surface area contributed by atoms with Crippen LogP contribution in [-0.4, -0.2) is 10.6 Å². The van der Waals surface area contributed by atoms with Gasteiger partial charge in [0.2, 0.25) is 0 Å². The third kappa shape index (κ3) is 8.65. The first-order valence-corrected chi connectivity index (χ1v) is 5.62. The Morgan fingerprint density at radius 3 is 2.33 bits per heavy atom. The minimum absolute atomic E-state index is 0. The van der Waals surface area contributed by atoms with Crippen LogP contribution in [0, 0.1) is 0 Å². The van der Waals surface area contributed by atoms with E-state index in [-0.39, 0.29) is 22.2 Å². The molecular formula is C8H18NiO2P+. The molecule has 0 rings (SSSR count). The average Bonchev–Trinajstić information content (AvgIpc) is 1.97. The van der Waals surface area contributed by atoms with Crippen molar-refractivity contribution in [3.05, 3.63) is 0 Å². The maximum absolute atomic E-state index is 10.5. The summed E-state index contributed by atoms with van der Waals surface area (Å²) in [5.41, 5.74) is -0.0122. The molecule has 0 aliphatic carbocycles. The molecular weight excluding hydrogens is 218 g/mol. The molecule has 0 amide bonds. The van der Waals surface area contributed by atoms with Gasteiger partial charge in [-0.05, 0) is 24.3 Å². The van der Waals surface area contributed by atoms with E-state index >= 15 is 0 Å². The van der Waals surface area contributed by atoms with E-state index in [2.05, 4.69) is 6.92 Å². The zero-order chi connectivity index (χ0) is 8.69. The molecule has 2 unspecified atom stereocenters. The van der Waals surface area contributed by atoms with Gasteiger partial charge in [-0.15, -0.1) is 0 Å². The second kappa shape index (κ2) is 9.64. The van der Waals surface area contributed by atoms with Crippen molar-refractivity contribution in [1.29, 1.82) is 0 Å². The summed E-state index contributed by atoms with van der Waals surface area (Å²) >= 11 is 0. The largest absolute Gasteiger partial charge is 0.508 e. The van der Waals surface area contributed by atoms with Crippen LogP contribution in [0.4, 0.5) is 0 Å². The Kier molecular flexibility index (Phi) is 12.1. The molecule has 0 fully saturated rings. The summed E-state index contributed by atoms with van der Waals surface area (Å²) in [7, 11) is -1.93. The van der Waals surface area contributed by atoms with E-state index in [0.717, 1.165) is 12.8 Å². The monoisotopic (exact) mass is 235 g/mol. The van der Waals surface area contributed by atoms with Crippen LogP contribution >= 0.6 is 8.03 Å². The van der Waals surface area contributed by atoms with Crippen molar-refractivity contribution in [3.8, 4) is 0 Å². The normalized spacial score (nSPS) is 13.4. The van der Waals surface area contributed by atoms with E-state index in [0.29, 0.717) is 0 Å². The third-order valence-electron chi connectivity index (χ3n) is 1.85. The first-order valence-electron chi connectivity index (χ1n) is 4.33.